The van der Waals surface area contributed by atoms with Crippen molar-refractivity contribution in [2.45, 2.75) is 19.9 Å². The Balaban J connectivity index is 2.07. The van der Waals surface area contributed by atoms with Crippen LogP contribution < -0.4 is 10.7 Å². The van der Waals surface area contributed by atoms with Crippen molar-refractivity contribution in [3.05, 3.63) is 72.7 Å². The third kappa shape index (κ3) is 6.16. The lowest BCUT2D eigenvalue weighted by atomic mass is 10.0. The molecule has 0 radical (unpaired) electrons. The van der Waals surface area contributed by atoms with E-state index in [1.165, 1.54) is 42.6 Å². The molecule has 0 heterocycles. The number of nitro benzene ring substituents is 1. The summed E-state index contributed by atoms with van der Waals surface area (Å²) in [5.41, 5.74) is 2.66. The van der Waals surface area contributed by atoms with Crippen LogP contribution in [0.1, 0.15) is 29.8 Å². The highest BCUT2D eigenvalue weighted by molar-refractivity contribution is 6.42. The number of nitro groups is 1. The molecule has 0 saturated heterocycles. The van der Waals surface area contributed by atoms with Crippen molar-refractivity contribution in [2.75, 3.05) is 0 Å². The van der Waals surface area contributed by atoms with Crippen LogP contribution in [0.4, 0.5) is 5.69 Å². The number of hydrogen-bond acceptors (Lipinski definition) is 5. The molecule has 158 valence electrons. The second-order valence-corrected chi connectivity index (χ2v) is 7.75. The highest BCUT2D eigenvalue weighted by Crippen LogP contribution is 2.24. The number of rotatable bonds is 7. The van der Waals surface area contributed by atoms with Crippen LogP contribution in [0.2, 0.25) is 15.1 Å². The average Bonchev–Trinajstić information content (AvgIpc) is 2.68. The van der Waals surface area contributed by atoms with Gasteiger partial charge >= 0.3 is 0 Å². The molecule has 0 aliphatic rings. The molecular formula is C19H17Cl3N4O4. The molecule has 30 heavy (non-hydrogen) atoms. The van der Waals surface area contributed by atoms with Gasteiger partial charge in [0.05, 0.1) is 21.2 Å². The first kappa shape index (κ1) is 23.6. The van der Waals surface area contributed by atoms with Gasteiger partial charge in [0.25, 0.3) is 17.5 Å². The molecule has 2 aromatic carbocycles. The van der Waals surface area contributed by atoms with Gasteiger partial charge in [0.1, 0.15) is 11.1 Å². The van der Waals surface area contributed by atoms with Crippen LogP contribution in [-0.4, -0.2) is 29.0 Å². The molecule has 1 unspecified atom stereocenters. The summed E-state index contributed by atoms with van der Waals surface area (Å²) < 4.78 is 0. The SMILES string of the molecule is CC(C)C(NC(=O)c1ccc(Cl)c(Cl)c1)C(=O)NN=Cc1ccc(Cl)c([N+](=O)[O-])c1. The number of hydrazone groups is 1. The fraction of sp³-hybridized carbons (Fsp3) is 0.211. The van der Waals surface area contributed by atoms with E-state index in [2.05, 4.69) is 15.8 Å². The van der Waals surface area contributed by atoms with Crippen molar-refractivity contribution in [3.8, 4) is 0 Å². The van der Waals surface area contributed by atoms with Crippen LogP contribution in [-0.2, 0) is 4.79 Å². The summed E-state index contributed by atoms with van der Waals surface area (Å²) in [4.78, 5) is 35.2. The number of halogens is 3. The molecule has 0 aliphatic carbocycles. The van der Waals surface area contributed by atoms with Crippen molar-refractivity contribution in [3.63, 3.8) is 0 Å². The number of nitrogens with one attached hydrogen (secondary N) is 2. The van der Waals surface area contributed by atoms with Gasteiger partial charge < -0.3 is 5.32 Å². The normalized spacial score (nSPS) is 12.1. The lowest BCUT2D eigenvalue weighted by Crippen LogP contribution is -2.48. The fourth-order valence-electron chi connectivity index (χ4n) is 2.39. The van der Waals surface area contributed by atoms with Gasteiger partial charge in [-0.2, -0.15) is 5.10 Å². The van der Waals surface area contributed by atoms with Crippen molar-refractivity contribution < 1.29 is 14.5 Å². The predicted octanol–water partition coefficient (Wildman–Crippen LogP) is 4.46. The molecule has 0 aliphatic heterocycles. The topological polar surface area (TPSA) is 114 Å². The van der Waals surface area contributed by atoms with Gasteiger partial charge in [0, 0.05) is 17.2 Å². The van der Waals surface area contributed by atoms with Crippen LogP contribution in [0.15, 0.2) is 41.5 Å². The third-order valence-electron chi connectivity index (χ3n) is 3.97. The Hall–Kier alpha value is -2.68. The minimum atomic E-state index is -0.886. The summed E-state index contributed by atoms with van der Waals surface area (Å²) in [7, 11) is 0. The number of nitrogens with zero attached hydrogens (tertiary/aromatic N) is 2. The Morgan fingerprint density at radius 2 is 1.73 bits per heavy atom. The zero-order chi connectivity index (χ0) is 22.4. The summed E-state index contributed by atoms with van der Waals surface area (Å²) in [5.74, 6) is -1.30. The molecule has 0 aromatic heterocycles. The van der Waals surface area contributed by atoms with E-state index < -0.39 is 22.8 Å². The minimum Gasteiger partial charge on any atom is -0.340 e. The van der Waals surface area contributed by atoms with Crippen molar-refractivity contribution in [2.24, 2.45) is 11.0 Å². The summed E-state index contributed by atoms with van der Waals surface area (Å²) in [6.45, 7) is 3.51. The Morgan fingerprint density at radius 3 is 2.33 bits per heavy atom. The fourth-order valence-corrected chi connectivity index (χ4v) is 2.87. The van der Waals surface area contributed by atoms with E-state index in [0.717, 1.165) is 0 Å². The van der Waals surface area contributed by atoms with Crippen LogP contribution in [0.25, 0.3) is 0 Å². The zero-order valence-electron chi connectivity index (χ0n) is 15.9. The smallest absolute Gasteiger partial charge is 0.288 e. The number of carbonyl (C=O) groups is 2. The first-order valence-electron chi connectivity index (χ1n) is 8.63. The van der Waals surface area contributed by atoms with Gasteiger partial charge in [-0.1, -0.05) is 54.7 Å². The van der Waals surface area contributed by atoms with E-state index in [-0.39, 0.29) is 27.2 Å². The molecule has 2 amide bonds. The van der Waals surface area contributed by atoms with E-state index in [4.69, 9.17) is 34.8 Å². The van der Waals surface area contributed by atoms with Gasteiger partial charge in [0.15, 0.2) is 0 Å². The second-order valence-electron chi connectivity index (χ2n) is 6.53. The number of benzene rings is 2. The maximum absolute atomic E-state index is 12.5. The Labute approximate surface area is 187 Å². The standard InChI is InChI=1S/C19H17Cl3N4O4/c1-10(2)17(24-18(27)12-4-6-13(20)15(22)8-12)19(28)25-23-9-11-3-5-14(21)16(7-11)26(29)30/h3-10,17H,1-2H3,(H,24,27)(H,25,28). The van der Waals surface area contributed by atoms with Crippen LogP contribution in [0.3, 0.4) is 0 Å². The Kier molecular flexibility index (Phi) is 8.16. The summed E-state index contributed by atoms with van der Waals surface area (Å²) >= 11 is 17.5. The molecule has 0 fully saturated rings. The predicted molar refractivity (Wildman–Crippen MR) is 116 cm³/mol. The highest BCUT2D eigenvalue weighted by atomic mass is 35.5. The quantitative estimate of drug-likeness (QED) is 0.352. The monoisotopic (exact) mass is 470 g/mol. The Morgan fingerprint density at radius 1 is 1.07 bits per heavy atom. The van der Waals surface area contributed by atoms with Crippen molar-refractivity contribution in [1.82, 2.24) is 10.7 Å². The Bertz CT molecular complexity index is 1010. The molecule has 2 N–H and O–H groups in total. The minimum absolute atomic E-state index is 0.00827. The lowest BCUT2D eigenvalue weighted by Gasteiger charge is -2.20. The van der Waals surface area contributed by atoms with Gasteiger partial charge in [-0.05, 0) is 30.2 Å². The molecular weight excluding hydrogens is 455 g/mol. The molecule has 2 rings (SSSR count). The maximum atomic E-state index is 12.5. The third-order valence-corrected chi connectivity index (χ3v) is 5.03. The van der Waals surface area contributed by atoms with E-state index in [1.54, 1.807) is 13.8 Å². The molecule has 1 atom stereocenters. The van der Waals surface area contributed by atoms with E-state index >= 15 is 0 Å². The number of amides is 2. The molecule has 8 nitrogen and oxygen atoms in total. The van der Waals surface area contributed by atoms with Gasteiger partial charge in [-0.3, -0.25) is 19.7 Å². The first-order chi connectivity index (χ1) is 14.1. The van der Waals surface area contributed by atoms with E-state index in [0.29, 0.717) is 10.6 Å². The van der Waals surface area contributed by atoms with Gasteiger partial charge in [-0.25, -0.2) is 5.43 Å². The largest absolute Gasteiger partial charge is 0.340 e. The number of hydrogen-bond donors (Lipinski definition) is 2. The summed E-state index contributed by atoms with van der Waals surface area (Å²) in [5, 5.41) is 17.9. The molecule has 11 heteroatoms. The molecule has 0 saturated carbocycles. The summed E-state index contributed by atoms with van der Waals surface area (Å²) in [6.07, 6.45) is 1.24. The lowest BCUT2D eigenvalue weighted by molar-refractivity contribution is -0.384. The van der Waals surface area contributed by atoms with Crippen LogP contribution in [0, 0.1) is 16.0 Å². The average molecular weight is 472 g/mol. The van der Waals surface area contributed by atoms with Crippen molar-refractivity contribution >= 4 is 58.5 Å². The second kappa shape index (κ2) is 10.4. The zero-order valence-corrected chi connectivity index (χ0v) is 18.1. The first-order valence-corrected chi connectivity index (χ1v) is 9.76. The van der Waals surface area contributed by atoms with Crippen molar-refractivity contribution in [1.29, 1.82) is 0 Å². The molecule has 2 aromatic rings. The van der Waals surface area contributed by atoms with Crippen LogP contribution in [0.5, 0.6) is 0 Å². The van der Waals surface area contributed by atoms with Gasteiger partial charge in [0.2, 0.25) is 0 Å². The molecule has 0 bridgehead atoms. The van der Waals surface area contributed by atoms with E-state index in [9.17, 15) is 19.7 Å². The highest BCUT2D eigenvalue weighted by Gasteiger charge is 2.24. The maximum Gasteiger partial charge on any atom is 0.288 e. The van der Waals surface area contributed by atoms with Crippen LogP contribution >= 0.6 is 34.8 Å². The molecule has 0 spiro atoms. The number of carbonyl (C=O) groups excluding carboxylic acids is 2. The van der Waals surface area contributed by atoms with Gasteiger partial charge in [-0.15, -0.1) is 0 Å². The van der Waals surface area contributed by atoms with E-state index in [1.807, 2.05) is 0 Å². The summed E-state index contributed by atoms with van der Waals surface area (Å²) in [6, 6.07) is 7.59.